The summed E-state index contributed by atoms with van der Waals surface area (Å²) in [5, 5.41) is 4.83. The van der Waals surface area contributed by atoms with Crippen LogP contribution in [-0.2, 0) is 10.0 Å². The van der Waals surface area contributed by atoms with Crippen LogP contribution in [-0.4, -0.2) is 8.42 Å². The molecule has 0 spiro atoms. The zero-order chi connectivity index (χ0) is 7.61. The summed E-state index contributed by atoms with van der Waals surface area (Å²) < 4.78 is 21.2. The first-order chi connectivity index (χ1) is 4.61. The Hall–Kier alpha value is 1.13. The number of primary sulfonamides is 1. The average Bonchev–Trinajstić information content (AvgIpc) is 1.88. The second-order valence-electron chi connectivity index (χ2n) is 1.86. The Kier molecular flexibility index (Phi) is 8.53. The van der Waals surface area contributed by atoms with Crippen molar-refractivity contribution in [3.8, 4) is 0 Å². The molecular weight excluding hydrogens is 196 g/mol. The zero-order valence-corrected chi connectivity index (χ0v) is 12.0. The van der Waals surface area contributed by atoms with Crippen molar-refractivity contribution in [2.45, 2.75) is 4.90 Å². The van der Waals surface area contributed by atoms with Crippen molar-refractivity contribution in [2.24, 2.45) is 5.14 Å². The molecule has 0 fully saturated rings. The zero-order valence-electron chi connectivity index (χ0n) is 9.19. The van der Waals surface area contributed by atoms with E-state index in [1.165, 1.54) is 12.1 Å². The van der Waals surface area contributed by atoms with Gasteiger partial charge in [-0.25, -0.2) is 13.6 Å². The van der Waals surface area contributed by atoms with Gasteiger partial charge in [0.1, 0.15) is 0 Å². The Bertz CT molecular complexity index is 320. The molecule has 12 heavy (non-hydrogen) atoms. The standard InChI is InChI=1S/C6H7NO2S.2Na.2H/c7-10(8,9)6-4-2-1-3-5-6;;;;/h1-5H,(H2,7,8,9);;;;/q;2*+1;2*-1. The molecule has 6 heteroatoms. The Balaban J connectivity index is -0.000000125. The second kappa shape index (κ2) is 6.56. The van der Waals surface area contributed by atoms with E-state index in [2.05, 4.69) is 0 Å². The molecule has 0 atom stereocenters. The van der Waals surface area contributed by atoms with Crippen LogP contribution >= 0.6 is 0 Å². The van der Waals surface area contributed by atoms with E-state index in [-0.39, 0.29) is 66.9 Å². The molecule has 0 radical (unpaired) electrons. The number of hydrogen-bond acceptors (Lipinski definition) is 2. The maximum absolute atomic E-state index is 10.6. The summed E-state index contributed by atoms with van der Waals surface area (Å²) in [5.41, 5.74) is 0. The minimum atomic E-state index is -3.50. The fourth-order valence-electron chi connectivity index (χ4n) is 0.610. The molecule has 1 aromatic carbocycles. The Labute approximate surface area is 119 Å². The Morgan fingerprint density at radius 1 is 1.08 bits per heavy atom. The predicted octanol–water partition coefficient (Wildman–Crippen LogP) is -5.43. The van der Waals surface area contributed by atoms with E-state index in [9.17, 15) is 8.42 Å². The molecule has 0 aliphatic heterocycles. The molecule has 0 aliphatic rings. The Morgan fingerprint density at radius 2 is 1.50 bits per heavy atom. The van der Waals surface area contributed by atoms with Crippen molar-refractivity contribution in [2.75, 3.05) is 0 Å². The predicted molar refractivity (Wildman–Crippen MR) is 40.0 cm³/mol. The van der Waals surface area contributed by atoms with Crippen LogP contribution in [0.1, 0.15) is 2.85 Å². The van der Waals surface area contributed by atoms with E-state index in [4.69, 9.17) is 5.14 Å². The summed E-state index contributed by atoms with van der Waals surface area (Å²) in [4.78, 5) is 0.148. The number of hydrogen-bond donors (Lipinski definition) is 1. The first-order valence-electron chi connectivity index (χ1n) is 2.68. The summed E-state index contributed by atoms with van der Waals surface area (Å²) in [6.45, 7) is 0. The summed E-state index contributed by atoms with van der Waals surface area (Å²) in [6, 6.07) is 7.89. The fraction of sp³-hybridized carbons (Fsp3) is 0. The summed E-state index contributed by atoms with van der Waals surface area (Å²) >= 11 is 0. The third-order valence-corrected chi connectivity index (χ3v) is 2.00. The van der Waals surface area contributed by atoms with E-state index < -0.39 is 10.0 Å². The molecule has 0 unspecified atom stereocenters. The van der Waals surface area contributed by atoms with Gasteiger partial charge < -0.3 is 2.85 Å². The van der Waals surface area contributed by atoms with Crippen LogP contribution in [0.25, 0.3) is 0 Å². The molecule has 0 amide bonds. The van der Waals surface area contributed by atoms with Crippen LogP contribution in [0, 0.1) is 0 Å². The molecule has 0 heterocycles. The Morgan fingerprint density at radius 3 is 1.75 bits per heavy atom. The maximum atomic E-state index is 10.6. The largest absolute Gasteiger partial charge is 1.00 e. The van der Waals surface area contributed by atoms with Crippen molar-refractivity contribution >= 4 is 10.0 Å². The van der Waals surface area contributed by atoms with Crippen molar-refractivity contribution in [3.05, 3.63) is 30.3 Å². The van der Waals surface area contributed by atoms with Crippen molar-refractivity contribution in [1.82, 2.24) is 0 Å². The molecule has 2 N–H and O–H groups in total. The van der Waals surface area contributed by atoms with Crippen LogP contribution in [0.15, 0.2) is 35.2 Å². The first kappa shape index (κ1) is 15.6. The molecule has 0 saturated heterocycles. The van der Waals surface area contributed by atoms with E-state index in [1.807, 2.05) is 0 Å². The van der Waals surface area contributed by atoms with Gasteiger partial charge in [-0.05, 0) is 12.1 Å². The second-order valence-corrected chi connectivity index (χ2v) is 3.42. The van der Waals surface area contributed by atoms with Crippen molar-refractivity contribution in [3.63, 3.8) is 0 Å². The van der Waals surface area contributed by atoms with Gasteiger partial charge in [-0.1, -0.05) is 18.2 Å². The van der Waals surface area contributed by atoms with Crippen molar-refractivity contribution in [1.29, 1.82) is 0 Å². The van der Waals surface area contributed by atoms with E-state index in [1.54, 1.807) is 18.2 Å². The third-order valence-electron chi connectivity index (χ3n) is 1.07. The molecule has 3 nitrogen and oxygen atoms in total. The minimum absolute atomic E-state index is 0. The number of rotatable bonds is 1. The van der Waals surface area contributed by atoms with E-state index in [0.29, 0.717) is 0 Å². The SMILES string of the molecule is NS(=O)(=O)c1ccccc1.[H-].[H-].[Na+].[Na+]. The van der Waals surface area contributed by atoms with Crippen LogP contribution in [0.3, 0.4) is 0 Å². The van der Waals surface area contributed by atoms with E-state index in [0.717, 1.165) is 0 Å². The van der Waals surface area contributed by atoms with Gasteiger partial charge in [0.05, 0.1) is 4.90 Å². The first-order valence-corrected chi connectivity index (χ1v) is 4.23. The minimum Gasteiger partial charge on any atom is -1.00 e. The van der Waals surface area contributed by atoms with Gasteiger partial charge in [0.25, 0.3) is 0 Å². The topological polar surface area (TPSA) is 60.2 Å². The normalized spacial score (nSPS) is 9.42. The van der Waals surface area contributed by atoms with Gasteiger partial charge in [-0.3, -0.25) is 0 Å². The summed E-state index contributed by atoms with van der Waals surface area (Å²) in [7, 11) is -3.50. The van der Waals surface area contributed by atoms with Crippen LogP contribution < -0.4 is 64.3 Å². The van der Waals surface area contributed by atoms with Gasteiger partial charge >= 0.3 is 59.1 Å². The molecule has 1 aromatic rings. The van der Waals surface area contributed by atoms with Crippen LogP contribution in [0.5, 0.6) is 0 Å². The summed E-state index contributed by atoms with van der Waals surface area (Å²) in [6.07, 6.45) is 0. The van der Waals surface area contributed by atoms with Crippen LogP contribution in [0.4, 0.5) is 0 Å². The molecule has 0 aliphatic carbocycles. The monoisotopic (exact) mass is 205 g/mol. The number of nitrogens with two attached hydrogens (primary N) is 1. The molecule has 0 aromatic heterocycles. The van der Waals surface area contributed by atoms with Crippen molar-refractivity contribution < 1.29 is 70.4 Å². The maximum Gasteiger partial charge on any atom is 1.00 e. The summed E-state index contributed by atoms with van der Waals surface area (Å²) in [5.74, 6) is 0. The molecular formula is C6H9NNa2O2S. The smallest absolute Gasteiger partial charge is 1.00 e. The van der Waals surface area contributed by atoms with Crippen LogP contribution in [0.2, 0.25) is 0 Å². The number of benzene rings is 1. The molecule has 0 bridgehead atoms. The number of sulfonamides is 1. The molecule has 0 saturated carbocycles. The van der Waals surface area contributed by atoms with Gasteiger partial charge in [0.15, 0.2) is 0 Å². The molecule has 1 rings (SSSR count). The van der Waals surface area contributed by atoms with Gasteiger partial charge in [0, 0.05) is 0 Å². The van der Waals surface area contributed by atoms with Gasteiger partial charge in [0.2, 0.25) is 10.0 Å². The quantitative estimate of drug-likeness (QED) is 0.465. The van der Waals surface area contributed by atoms with Gasteiger partial charge in [-0.15, -0.1) is 0 Å². The average molecular weight is 205 g/mol. The fourth-order valence-corrected chi connectivity index (χ4v) is 1.15. The molecule has 58 valence electrons. The third kappa shape index (κ3) is 4.99. The van der Waals surface area contributed by atoms with Gasteiger partial charge in [-0.2, -0.15) is 0 Å². The van der Waals surface area contributed by atoms with E-state index >= 15 is 0 Å².